The van der Waals surface area contributed by atoms with Crippen molar-refractivity contribution in [3.63, 3.8) is 0 Å². The molecular weight excluding hydrogens is 104 g/mol. The van der Waals surface area contributed by atoms with Gasteiger partial charge in [0.2, 0.25) is 0 Å². The van der Waals surface area contributed by atoms with Crippen LogP contribution in [-0.4, -0.2) is 11.0 Å². The van der Waals surface area contributed by atoms with Crippen molar-refractivity contribution in [2.24, 2.45) is 0 Å². The van der Waals surface area contributed by atoms with E-state index in [4.69, 9.17) is 0 Å². The molecular formula is CH8Li4O2S+2. The Morgan fingerprint density at radius 1 is 0.500 bits per heavy atom. The van der Waals surface area contributed by atoms with Crippen molar-refractivity contribution in [3.8, 4) is 0 Å². The Balaban J connectivity index is 0. The largest absolute Gasteiger partial charge is 1.00 e. The molecule has 0 heterocycles. The van der Waals surface area contributed by atoms with E-state index in [1.807, 2.05) is 0 Å². The van der Waals surface area contributed by atoms with Crippen LogP contribution in [0.25, 0.3) is 0 Å². The maximum atomic E-state index is 0. The SMILES string of the molecule is O.O.[CH3-].[Li+].[Li+].[Li+].[Li+].[SH-]. The predicted octanol–water partition coefficient (Wildman–Crippen LogP) is -13.5. The van der Waals surface area contributed by atoms with E-state index in [1.54, 1.807) is 0 Å². The summed E-state index contributed by atoms with van der Waals surface area (Å²) in [5, 5.41) is 0. The maximum Gasteiger partial charge on any atom is 1.00 e. The van der Waals surface area contributed by atoms with Gasteiger partial charge >= 0.3 is 75.4 Å². The second-order valence-corrected chi connectivity index (χ2v) is 0. The molecule has 0 amide bonds. The summed E-state index contributed by atoms with van der Waals surface area (Å²) in [6.07, 6.45) is 0. The molecule has 0 saturated heterocycles. The smallest absolute Gasteiger partial charge is 0.813 e. The molecule has 8 heavy (non-hydrogen) atoms. The van der Waals surface area contributed by atoms with Crippen LogP contribution in [0.5, 0.6) is 0 Å². The number of rotatable bonds is 0. The zero-order valence-electron chi connectivity index (χ0n) is 6.45. The van der Waals surface area contributed by atoms with E-state index in [-0.39, 0.29) is 107 Å². The van der Waals surface area contributed by atoms with Gasteiger partial charge in [-0.25, -0.2) is 0 Å². The van der Waals surface area contributed by atoms with E-state index < -0.39 is 0 Å². The molecule has 0 saturated carbocycles. The fourth-order valence-corrected chi connectivity index (χ4v) is 0. The minimum absolute atomic E-state index is 0. The Bertz CT molecular complexity index is 14.0. The maximum absolute atomic E-state index is 0. The average molecular weight is 112 g/mol. The Kier molecular flexibility index (Phi) is 1800. The van der Waals surface area contributed by atoms with Gasteiger partial charge in [0.05, 0.1) is 0 Å². The molecule has 0 aliphatic rings. The average Bonchev–Trinajstić information content (AvgIpc) is 0. The van der Waals surface area contributed by atoms with Crippen molar-refractivity contribution >= 4 is 13.5 Å². The van der Waals surface area contributed by atoms with Crippen LogP contribution in [-0.2, 0) is 13.5 Å². The predicted molar refractivity (Wildman–Crippen MR) is 22.4 cm³/mol. The third-order valence-electron chi connectivity index (χ3n) is 0. The molecule has 32 valence electrons. The van der Waals surface area contributed by atoms with E-state index in [0.717, 1.165) is 0 Å². The zero-order valence-corrected chi connectivity index (χ0v) is 7.34. The molecule has 7 heteroatoms. The van der Waals surface area contributed by atoms with Gasteiger partial charge in [-0.05, 0) is 0 Å². The summed E-state index contributed by atoms with van der Waals surface area (Å²) in [6.45, 7) is 0. The molecule has 0 aliphatic heterocycles. The van der Waals surface area contributed by atoms with Gasteiger partial charge in [-0.1, -0.05) is 0 Å². The number of thiol groups is 1. The molecule has 0 aromatic carbocycles. The second-order valence-electron chi connectivity index (χ2n) is 0. The summed E-state index contributed by atoms with van der Waals surface area (Å²) in [7, 11) is 0. The molecule has 0 radical (unpaired) electrons. The molecule has 0 bridgehead atoms. The van der Waals surface area contributed by atoms with Gasteiger partial charge in [0.25, 0.3) is 0 Å². The van der Waals surface area contributed by atoms with E-state index in [2.05, 4.69) is 0 Å². The van der Waals surface area contributed by atoms with Crippen LogP contribution in [0.15, 0.2) is 0 Å². The van der Waals surface area contributed by atoms with Gasteiger partial charge in [0.1, 0.15) is 0 Å². The second kappa shape index (κ2) is 102. The molecule has 0 aliphatic carbocycles. The van der Waals surface area contributed by atoms with Crippen LogP contribution < -0.4 is 75.4 Å². The minimum atomic E-state index is 0. The summed E-state index contributed by atoms with van der Waals surface area (Å²) in [6, 6.07) is 0. The third kappa shape index (κ3) is 71.8. The zero-order chi connectivity index (χ0) is 0. The first-order chi connectivity index (χ1) is 0. The number of hydrogen-bond donors (Lipinski definition) is 0. The van der Waals surface area contributed by atoms with Gasteiger partial charge in [0, 0.05) is 0 Å². The molecule has 0 rings (SSSR count). The quantitative estimate of drug-likeness (QED) is 0.133. The van der Waals surface area contributed by atoms with Crippen molar-refractivity contribution in [2.45, 2.75) is 0 Å². The molecule has 0 spiro atoms. The minimum Gasteiger partial charge on any atom is -0.813 e. The van der Waals surface area contributed by atoms with Crippen LogP contribution in [0.2, 0.25) is 0 Å². The Labute approximate surface area is 106 Å². The topological polar surface area (TPSA) is 63.0 Å². The van der Waals surface area contributed by atoms with Crippen molar-refractivity contribution < 1.29 is 86.4 Å². The van der Waals surface area contributed by atoms with Crippen LogP contribution >= 0.6 is 0 Å². The van der Waals surface area contributed by atoms with Crippen LogP contribution in [0.4, 0.5) is 0 Å². The van der Waals surface area contributed by atoms with Crippen molar-refractivity contribution in [1.29, 1.82) is 0 Å². The van der Waals surface area contributed by atoms with E-state index in [0.29, 0.717) is 0 Å². The van der Waals surface area contributed by atoms with Crippen LogP contribution in [0.3, 0.4) is 0 Å². The molecule has 0 unspecified atom stereocenters. The first-order valence-corrected chi connectivity index (χ1v) is 0. The Morgan fingerprint density at radius 2 is 0.500 bits per heavy atom. The summed E-state index contributed by atoms with van der Waals surface area (Å²) >= 11 is 0. The van der Waals surface area contributed by atoms with Gasteiger partial charge in [-0.3, -0.25) is 0 Å². The van der Waals surface area contributed by atoms with Gasteiger partial charge in [-0.15, -0.1) is 0 Å². The monoisotopic (exact) mass is 112 g/mol. The molecule has 2 nitrogen and oxygen atoms in total. The van der Waals surface area contributed by atoms with E-state index in [1.165, 1.54) is 0 Å². The summed E-state index contributed by atoms with van der Waals surface area (Å²) in [4.78, 5) is 0. The molecule has 0 fully saturated rings. The Hall–Kier alpha value is 2.66. The first-order valence-electron chi connectivity index (χ1n) is 0. The third-order valence-corrected chi connectivity index (χ3v) is 0. The number of hydrogen-bond acceptors (Lipinski definition) is 1. The fourth-order valence-electron chi connectivity index (χ4n) is 0. The van der Waals surface area contributed by atoms with Crippen LogP contribution in [0, 0.1) is 7.43 Å². The van der Waals surface area contributed by atoms with Gasteiger partial charge < -0.3 is 31.9 Å². The van der Waals surface area contributed by atoms with Gasteiger partial charge in [-0.2, -0.15) is 0 Å². The molecule has 0 aromatic rings. The molecule has 0 aromatic heterocycles. The van der Waals surface area contributed by atoms with E-state index in [9.17, 15) is 0 Å². The van der Waals surface area contributed by atoms with Crippen LogP contribution in [0.1, 0.15) is 0 Å². The van der Waals surface area contributed by atoms with Crippen molar-refractivity contribution in [1.82, 2.24) is 0 Å². The fraction of sp³-hybridized carbons (Fsp3) is 0. The van der Waals surface area contributed by atoms with Gasteiger partial charge in [0.15, 0.2) is 0 Å². The Morgan fingerprint density at radius 3 is 0.500 bits per heavy atom. The molecule has 0 atom stereocenters. The van der Waals surface area contributed by atoms with Crippen molar-refractivity contribution in [2.75, 3.05) is 0 Å². The van der Waals surface area contributed by atoms with Crippen molar-refractivity contribution in [3.05, 3.63) is 7.43 Å². The standard InChI is InChI=1S/CH3.4Li.2H2O.H2S/h1H3;;;;;3*1H2/q-1;4*+1;;;/p-1. The molecule has 4 N–H and O–H groups in total. The summed E-state index contributed by atoms with van der Waals surface area (Å²) < 4.78 is 0. The summed E-state index contributed by atoms with van der Waals surface area (Å²) in [5.41, 5.74) is 0. The summed E-state index contributed by atoms with van der Waals surface area (Å²) in [5.74, 6) is 0. The first kappa shape index (κ1) is 141. The van der Waals surface area contributed by atoms with E-state index >= 15 is 0 Å². The normalized spacial score (nSPS) is 0.